The highest BCUT2D eigenvalue weighted by molar-refractivity contribution is 8.13. The summed E-state index contributed by atoms with van der Waals surface area (Å²) in [7, 11) is 1.15. The molecule has 1 aromatic rings. The zero-order valence-electron chi connectivity index (χ0n) is 7.37. The van der Waals surface area contributed by atoms with Crippen molar-refractivity contribution in [1.82, 2.24) is 0 Å². The standard InChI is InChI=1S/C8H7ClF2O3S/c9-15(13,14)2-1-6-7(11)3-5(10)4-8(6)12/h3-4,12H,1-2H2. The van der Waals surface area contributed by atoms with E-state index in [0.717, 1.165) is 0 Å². The van der Waals surface area contributed by atoms with Crippen LogP contribution in [0, 0.1) is 11.6 Å². The summed E-state index contributed by atoms with van der Waals surface area (Å²) in [5, 5.41) is 9.15. The summed E-state index contributed by atoms with van der Waals surface area (Å²) in [6.07, 6.45) is -0.302. The Morgan fingerprint density at radius 1 is 1.33 bits per heavy atom. The van der Waals surface area contributed by atoms with Crippen LogP contribution in [0.5, 0.6) is 5.75 Å². The SMILES string of the molecule is O=S(=O)(Cl)CCc1c(O)cc(F)cc1F. The molecule has 1 N–H and O–H groups in total. The van der Waals surface area contributed by atoms with Crippen LogP contribution in [-0.4, -0.2) is 19.3 Å². The molecule has 0 spiro atoms. The lowest BCUT2D eigenvalue weighted by Crippen LogP contribution is -2.03. The average Bonchev–Trinajstić information content (AvgIpc) is 1.99. The van der Waals surface area contributed by atoms with E-state index in [-0.39, 0.29) is 12.0 Å². The molecule has 0 amide bonds. The third-order valence-electron chi connectivity index (χ3n) is 1.73. The molecule has 0 bridgehead atoms. The first-order chi connectivity index (χ1) is 6.79. The Labute approximate surface area is 89.7 Å². The largest absolute Gasteiger partial charge is 0.507 e. The van der Waals surface area contributed by atoms with Crippen molar-refractivity contribution in [3.8, 4) is 5.75 Å². The van der Waals surface area contributed by atoms with E-state index in [1.807, 2.05) is 0 Å². The van der Waals surface area contributed by atoms with Gasteiger partial charge in [-0.05, 0) is 6.42 Å². The van der Waals surface area contributed by atoms with E-state index in [1.165, 1.54) is 0 Å². The molecule has 0 aliphatic carbocycles. The molecule has 0 aliphatic heterocycles. The van der Waals surface area contributed by atoms with Crippen LogP contribution < -0.4 is 0 Å². The molecule has 1 rings (SSSR count). The first-order valence-electron chi connectivity index (χ1n) is 3.89. The van der Waals surface area contributed by atoms with Crippen LogP contribution in [0.1, 0.15) is 5.56 Å². The number of aromatic hydroxyl groups is 1. The maximum atomic E-state index is 13.0. The molecule has 0 heterocycles. The van der Waals surface area contributed by atoms with Crippen molar-refractivity contribution in [2.75, 3.05) is 5.75 Å². The van der Waals surface area contributed by atoms with E-state index < -0.39 is 32.2 Å². The third-order valence-corrected chi connectivity index (χ3v) is 2.89. The van der Waals surface area contributed by atoms with Crippen LogP contribution in [0.3, 0.4) is 0 Å². The number of halogens is 3. The summed E-state index contributed by atoms with van der Waals surface area (Å²) < 4.78 is 46.7. The summed E-state index contributed by atoms with van der Waals surface area (Å²) in [4.78, 5) is 0. The molecule has 84 valence electrons. The smallest absolute Gasteiger partial charge is 0.232 e. The Morgan fingerprint density at radius 2 is 1.93 bits per heavy atom. The van der Waals surface area contributed by atoms with Gasteiger partial charge in [-0.2, -0.15) is 0 Å². The van der Waals surface area contributed by atoms with E-state index in [4.69, 9.17) is 15.8 Å². The van der Waals surface area contributed by atoms with Crippen molar-refractivity contribution >= 4 is 19.7 Å². The number of phenolic OH excluding ortho intramolecular Hbond substituents is 1. The minimum Gasteiger partial charge on any atom is -0.507 e. The molecule has 0 fully saturated rings. The molecule has 0 saturated carbocycles. The summed E-state index contributed by atoms with van der Waals surface area (Å²) in [6, 6.07) is 1.27. The zero-order chi connectivity index (χ0) is 11.6. The summed E-state index contributed by atoms with van der Waals surface area (Å²) >= 11 is 0. The van der Waals surface area contributed by atoms with Crippen LogP contribution >= 0.6 is 10.7 Å². The monoisotopic (exact) mass is 256 g/mol. The van der Waals surface area contributed by atoms with Crippen LogP contribution in [0.2, 0.25) is 0 Å². The van der Waals surface area contributed by atoms with E-state index in [9.17, 15) is 17.2 Å². The van der Waals surface area contributed by atoms with Crippen LogP contribution in [0.4, 0.5) is 8.78 Å². The maximum absolute atomic E-state index is 13.0. The van der Waals surface area contributed by atoms with Gasteiger partial charge in [0.25, 0.3) is 0 Å². The number of benzene rings is 1. The molecule has 3 nitrogen and oxygen atoms in total. The van der Waals surface area contributed by atoms with Gasteiger partial charge < -0.3 is 5.11 Å². The fraction of sp³-hybridized carbons (Fsp3) is 0.250. The molecule has 0 aromatic heterocycles. The topological polar surface area (TPSA) is 54.4 Å². The van der Waals surface area contributed by atoms with Crippen LogP contribution in [0.15, 0.2) is 12.1 Å². The van der Waals surface area contributed by atoms with E-state index in [0.29, 0.717) is 12.1 Å². The number of hydrogen-bond donors (Lipinski definition) is 1. The Balaban J connectivity index is 2.96. The highest BCUT2D eigenvalue weighted by atomic mass is 35.7. The lowest BCUT2D eigenvalue weighted by Gasteiger charge is -2.04. The molecule has 0 saturated heterocycles. The van der Waals surface area contributed by atoms with Gasteiger partial charge in [-0.25, -0.2) is 17.2 Å². The molecule has 1 aromatic carbocycles. The van der Waals surface area contributed by atoms with Gasteiger partial charge in [-0.15, -0.1) is 0 Å². The lowest BCUT2D eigenvalue weighted by atomic mass is 10.1. The fourth-order valence-electron chi connectivity index (χ4n) is 1.06. The quantitative estimate of drug-likeness (QED) is 0.839. The predicted octanol–water partition coefficient (Wildman–Crippen LogP) is 1.78. The molecular weight excluding hydrogens is 250 g/mol. The van der Waals surface area contributed by atoms with Gasteiger partial charge in [0.05, 0.1) is 5.75 Å². The highest BCUT2D eigenvalue weighted by Crippen LogP contribution is 2.23. The number of phenols is 1. The lowest BCUT2D eigenvalue weighted by molar-refractivity contribution is 0.451. The maximum Gasteiger partial charge on any atom is 0.232 e. The fourth-order valence-corrected chi connectivity index (χ4v) is 1.74. The van der Waals surface area contributed by atoms with E-state index >= 15 is 0 Å². The van der Waals surface area contributed by atoms with Crippen LogP contribution in [0.25, 0.3) is 0 Å². The van der Waals surface area contributed by atoms with Crippen molar-refractivity contribution in [2.45, 2.75) is 6.42 Å². The second kappa shape index (κ2) is 4.32. The Bertz CT molecular complexity index is 450. The molecule has 0 unspecified atom stereocenters. The Kier molecular flexibility index (Phi) is 3.51. The third kappa shape index (κ3) is 3.64. The zero-order valence-corrected chi connectivity index (χ0v) is 8.95. The Hall–Kier alpha value is -0.880. The number of hydrogen-bond acceptors (Lipinski definition) is 3. The first kappa shape index (κ1) is 12.2. The molecule has 15 heavy (non-hydrogen) atoms. The molecule has 0 atom stereocenters. The minimum absolute atomic E-state index is 0.263. The Morgan fingerprint density at radius 3 is 2.40 bits per heavy atom. The second-order valence-corrected chi connectivity index (χ2v) is 5.77. The minimum atomic E-state index is -3.77. The first-order valence-corrected chi connectivity index (χ1v) is 6.36. The van der Waals surface area contributed by atoms with Crippen molar-refractivity contribution in [1.29, 1.82) is 0 Å². The van der Waals surface area contributed by atoms with E-state index in [2.05, 4.69) is 0 Å². The van der Waals surface area contributed by atoms with Gasteiger partial charge in [0.2, 0.25) is 9.05 Å². The summed E-state index contributed by atoms with van der Waals surface area (Å²) in [5.41, 5.74) is -0.263. The van der Waals surface area contributed by atoms with Gasteiger partial charge in [-0.1, -0.05) is 0 Å². The van der Waals surface area contributed by atoms with Gasteiger partial charge in [0.15, 0.2) is 0 Å². The van der Waals surface area contributed by atoms with Crippen LogP contribution in [-0.2, 0) is 15.5 Å². The average molecular weight is 257 g/mol. The van der Waals surface area contributed by atoms with Crippen molar-refractivity contribution in [3.05, 3.63) is 29.3 Å². The molecule has 7 heteroatoms. The van der Waals surface area contributed by atoms with Gasteiger partial charge in [0.1, 0.15) is 17.4 Å². The van der Waals surface area contributed by atoms with Crippen molar-refractivity contribution in [3.63, 3.8) is 0 Å². The normalized spacial score (nSPS) is 11.7. The predicted molar refractivity (Wildman–Crippen MR) is 51.4 cm³/mol. The highest BCUT2D eigenvalue weighted by Gasteiger charge is 2.14. The van der Waals surface area contributed by atoms with Gasteiger partial charge in [-0.3, -0.25) is 0 Å². The van der Waals surface area contributed by atoms with Crippen molar-refractivity contribution in [2.24, 2.45) is 0 Å². The van der Waals surface area contributed by atoms with Gasteiger partial charge >= 0.3 is 0 Å². The van der Waals surface area contributed by atoms with Gasteiger partial charge in [0, 0.05) is 28.4 Å². The van der Waals surface area contributed by atoms with Crippen molar-refractivity contribution < 1.29 is 22.3 Å². The summed E-state index contributed by atoms with van der Waals surface area (Å²) in [5.74, 6) is -3.06. The molecule has 0 aliphatic rings. The second-order valence-electron chi connectivity index (χ2n) is 2.88. The summed E-state index contributed by atoms with van der Waals surface area (Å²) in [6.45, 7) is 0. The molecule has 0 radical (unpaired) electrons. The number of rotatable bonds is 3. The molecular formula is C8H7ClF2O3S. The van der Waals surface area contributed by atoms with E-state index in [1.54, 1.807) is 0 Å².